The molecule has 2 heteroatoms. The normalized spacial score (nSPS) is 11.3. The molecule has 0 atom stereocenters. The lowest BCUT2D eigenvalue weighted by Crippen LogP contribution is -2.32. The van der Waals surface area contributed by atoms with E-state index in [1.54, 1.807) is 0 Å². The molecule has 1 aromatic carbocycles. The quantitative estimate of drug-likeness (QED) is 0.666. The number of aryl methyl sites for hydroxylation is 1. The van der Waals surface area contributed by atoms with Gasteiger partial charge in [0, 0.05) is 24.7 Å². The Bertz CT molecular complexity index is 361. The van der Waals surface area contributed by atoms with Crippen LogP contribution in [0.1, 0.15) is 38.8 Å². The van der Waals surface area contributed by atoms with Crippen LogP contribution >= 0.6 is 11.6 Å². The summed E-state index contributed by atoms with van der Waals surface area (Å²) in [5, 5.41) is 0. The second kappa shape index (κ2) is 7.04. The van der Waals surface area contributed by atoms with Gasteiger partial charge in [-0.05, 0) is 30.4 Å². The zero-order chi connectivity index (χ0) is 13.7. The number of halogens is 1. The number of alkyl halides is 1. The summed E-state index contributed by atoms with van der Waals surface area (Å²) in [6.07, 6.45) is 0. The van der Waals surface area contributed by atoms with Gasteiger partial charge in [0.2, 0.25) is 0 Å². The van der Waals surface area contributed by atoms with E-state index in [-0.39, 0.29) is 0 Å². The first-order valence-corrected chi connectivity index (χ1v) is 7.38. The van der Waals surface area contributed by atoms with Crippen molar-refractivity contribution in [3.05, 3.63) is 29.3 Å². The minimum atomic E-state index is 0.587. The van der Waals surface area contributed by atoms with E-state index >= 15 is 0 Å². The van der Waals surface area contributed by atoms with Gasteiger partial charge in [0.05, 0.1) is 0 Å². The fraction of sp³-hybridized carbons (Fsp3) is 0.625. The Morgan fingerprint density at radius 1 is 1.06 bits per heavy atom. The van der Waals surface area contributed by atoms with Gasteiger partial charge in [0.1, 0.15) is 0 Å². The van der Waals surface area contributed by atoms with E-state index in [1.807, 2.05) is 0 Å². The Labute approximate surface area is 117 Å². The van der Waals surface area contributed by atoms with Crippen LogP contribution < -0.4 is 4.90 Å². The van der Waals surface area contributed by atoms with Crippen molar-refractivity contribution in [3.63, 3.8) is 0 Å². The summed E-state index contributed by atoms with van der Waals surface area (Å²) in [4.78, 5) is 2.48. The van der Waals surface area contributed by atoms with Crippen LogP contribution in [-0.4, -0.2) is 13.1 Å². The highest BCUT2D eigenvalue weighted by molar-refractivity contribution is 6.17. The molecule has 0 aliphatic heterocycles. The third-order valence-corrected chi connectivity index (χ3v) is 3.18. The number of benzene rings is 1. The fourth-order valence-electron chi connectivity index (χ4n) is 2.28. The van der Waals surface area contributed by atoms with Gasteiger partial charge < -0.3 is 4.90 Å². The van der Waals surface area contributed by atoms with Crippen molar-refractivity contribution in [3.8, 4) is 0 Å². The van der Waals surface area contributed by atoms with Crippen molar-refractivity contribution in [1.29, 1.82) is 0 Å². The van der Waals surface area contributed by atoms with Gasteiger partial charge in [-0.2, -0.15) is 0 Å². The Balaban J connectivity index is 3.03. The highest BCUT2D eigenvalue weighted by Crippen LogP contribution is 2.25. The minimum Gasteiger partial charge on any atom is -0.371 e. The van der Waals surface area contributed by atoms with Gasteiger partial charge >= 0.3 is 0 Å². The van der Waals surface area contributed by atoms with Crippen LogP contribution in [0.5, 0.6) is 0 Å². The average Bonchev–Trinajstić information content (AvgIpc) is 2.26. The van der Waals surface area contributed by atoms with E-state index in [9.17, 15) is 0 Å². The first-order valence-electron chi connectivity index (χ1n) is 6.84. The molecular weight excluding hydrogens is 242 g/mol. The molecule has 0 N–H and O–H groups in total. The molecular formula is C16H26ClN. The topological polar surface area (TPSA) is 3.24 Å². The number of hydrogen-bond donors (Lipinski definition) is 0. The van der Waals surface area contributed by atoms with Crippen LogP contribution in [0.4, 0.5) is 5.69 Å². The van der Waals surface area contributed by atoms with Crippen LogP contribution in [0.3, 0.4) is 0 Å². The van der Waals surface area contributed by atoms with Crippen LogP contribution in [-0.2, 0) is 5.88 Å². The molecule has 0 aliphatic carbocycles. The molecule has 0 saturated heterocycles. The van der Waals surface area contributed by atoms with Crippen molar-refractivity contribution >= 4 is 17.3 Å². The Morgan fingerprint density at radius 2 is 1.61 bits per heavy atom. The van der Waals surface area contributed by atoms with E-state index in [0.29, 0.717) is 17.7 Å². The van der Waals surface area contributed by atoms with Gasteiger partial charge in [0.25, 0.3) is 0 Å². The zero-order valence-corrected chi connectivity index (χ0v) is 13.1. The molecule has 0 aromatic heterocycles. The SMILES string of the molecule is Cc1ccc(N(CC(C)C)CC(C)C)c(CCl)c1. The van der Waals surface area contributed by atoms with Crippen LogP contribution in [0.15, 0.2) is 18.2 Å². The molecule has 102 valence electrons. The van der Waals surface area contributed by atoms with Crippen molar-refractivity contribution in [2.24, 2.45) is 11.8 Å². The maximum absolute atomic E-state index is 6.09. The van der Waals surface area contributed by atoms with Crippen molar-refractivity contribution in [2.45, 2.75) is 40.5 Å². The molecule has 1 nitrogen and oxygen atoms in total. The van der Waals surface area contributed by atoms with Gasteiger partial charge in [-0.15, -0.1) is 11.6 Å². The maximum Gasteiger partial charge on any atom is 0.0494 e. The second-order valence-corrected chi connectivity index (χ2v) is 6.23. The summed E-state index contributed by atoms with van der Waals surface area (Å²) in [5.74, 6) is 1.91. The monoisotopic (exact) mass is 267 g/mol. The molecule has 0 heterocycles. The molecule has 1 aromatic rings. The largest absolute Gasteiger partial charge is 0.371 e. The molecule has 0 amide bonds. The lowest BCUT2D eigenvalue weighted by molar-refractivity contribution is 0.552. The number of rotatable bonds is 6. The van der Waals surface area contributed by atoms with E-state index < -0.39 is 0 Å². The van der Waals surface area contributed by atoms with Gasteiger partial charge in [-0.1, -0.05) is 45.4 Å². The number of anilines is 1. The summed E-state index contributed by atoms with van der Waals surface area (Å²) in [5.41, 5.74) is 3.83. The van der Waals surface area contributed by atoms with E-state index in [0.717, 1.165) is 13.1 Å². The fourth-order valence-corrected chi connectivity index (χ4v) is 2.50. The molecule has 1 rings (SSSR count). The minimum absolute atomic E-state index is 0.587. The summed E-state index contributed by atoms with van der Waals surface area (Å²) in [6, 6.07) is 6.60. The predicted molar refractivity (Wildman–Crippen MR) is 82.6 cm³/mol. The zero-order valence-electron chi connectivity index (χ0n) is 12.3. The first-order chi connectivity index (χ1) is 8.43. The van der Waals surface area contributed by atoms with Crippen LogP contribution in [0.25, 0.3) is 0 Å². The Kier molecular flexibility index (Phi) is 6.01. The molecule has 0 unspecified atom stereocenters. The van der Waals surface area contributed by atoms with Crippen LogP contribution in [0, 0.1) is 18.8 Å². The van der Waals surface area contributed by atoms with Gasteiger partial charge in [-0.25, -0.2) is 0 Å². The molecule has 0 bridgehead atoms. The van der Waals surface area contributed by atoms with Crippen molar-refractivity contribution < 1.29 is 0 Å². The second-order valence-electron chi connectivity index (χ2n) is 5.96. The molecule has 18 heavy (non-hydrogen) atoms. The summed E-state index contributed by atoms with van der Waals surface area (Å²) in [6.45, 7) is 13.4. The van der Waals surface area contributed by atoms with Crippen molar-refractivity contribution in [2.75, 3.05) is 18.0 Å². The lowest BCUT2D eigenvalue weighted by Gasteiger charge is -2.30. The standard InChI is InChI=1S/C16H26ClN/c1-12(2)10-18(11-13(3)4)16-7-6-14(5)8-15(16)9-17/h6-8,12-13H,9-11H2,1-5H3. The van der Waals surface area contributed by atoms with Gasteiger partial charge in [-0.3, -0.25) is 0 Å². The predicted octanol–water partition coefficient (Wildman–Crippen LogP) is 4.85. The summed E-state index contributed by atoms with van der Waals surface area (Å²) < 4.78 is 0. The van der Waals surface area contributed by atoms with Crippen LogP contribution in [0.2, 0.25) is 0 Å². The van der Waals surface area contributed by atoms with Gasteiger partial charge in [0.15, 0.2) is 0 Å². The molecule has 0 radical (unpaired) electrons. The molecule has 0 saturated carbocycles. The van der Waals surface area contributed by atoms with E-state index in [4.69, 9.17) is 11.6 Å². The Morgan fingerprint density at radius 3 is 2.06 bits per heavy atom. The number of hydrogen-bond acceptors (Lipinski definition) is 1. The summed E-state index contributed by atoms with van der Waals surface area (Å²) in [7, 11) is 0. The summed E-state index contributed by atoms with van der Waals surface area (Å²) >= 11 is 6.09. The highest BCUT2D eigenvalue weighted by Gasteiger charge is 2.13. The highest BCUT2D eigenvalue weighted by atomic mass is 35.5. The average molecular weight is 268 g/mol. The molecule has 0 fully saturated rings. The van der Waals surface area contributed by atoms with Crippen molar-refractivity contribution in [1.82, 2.24) is 0 Å². The third kappa shape index (κ3) is 4.53. The first kappa shape index (κ1) is 15.4. The van der Waals surface area contributed by atoms with E-state index in [1.165, 1.54) is 16.8 Å². The number of nitrogens with zero attached hydrogens (tertiary/aromatic N) is 1. The smallest absolute Gasteiger partial charge is 0.0494 e. The van der Waals surface area contributed by atoms with E-state index in [2.05, 4.69) is 57.7 Å². The lowest BCUT2D eigenvalue weighted by atomic mass is 10.1. The molecule has 0 aliphatic rings. The third-order valence-electron chi connectivity index (χ3n) is 2.89. The molecule has 0 spiro atoms. The maximum atomic E-state index is 6.09. The Hall–Kier alpha value is -0.690.